The van der Waals surface area contributed by atoms with Crippen LogP contribution in [0.25, 0.3) is 0 Å². The molecular weight excluding hydrogens is 272 g/mol. The highest BCUT2D eigenvalue weighted by molar-refractivity contribution is 9.10. The molecule has 0 amide bonds. The third-order valence-corrected chi connectivity index (χ3v) is 4.60. The standard InChI is InChI=1S/C11H15BrN2S/c1-8-5-11(13-6-10(8)12)14-9-3-2-4-15-7-9/h5-6,9H,2-4,7H2,1H3,(H,13,14). The monoisotopic (exact) mass is 286 g/mol. The van der Waals surface area contributed by atoms with Crippen molar-refractivity contribution in [2.75, 3.05) is 16.8 Å². The van der Waals surface area contributed by atoms with Crippen LogP contribution in [0.4, 0.5) is 5.82 Å². The number of nitrogens with one attached hydrogen (secondary N) is 1. The highest BCUT2D eigenvalue weighted by Gasteiger charge is 2.13. The zero-order valence-electron chi connectivity index (χ0n) is 8.79. The van der Waals surface area contributed by atoms with E-state index in [-0.39, 0.29) is 0 Å². The molecule has 1 aromatic heterocycles. The number of nitrogens with zero attached hydrogens (tertiary/aromatic N) is 1. The molecule has 0 saturated carbocycles. The van der Waals surface area contributed by atoms with E-state index in [2.05, 4.69) is 39.2 Å². The Bertz CT molecular complexity index is 337. The maximum atomic E-state index is 4.37. The normalized spacial score (nSPS) is 21.3. The molecule has 1 saturated heterocycles. The van der Waals surface area contributed by atoms with Crippen molar-refractivity contribution in [1.82, 2.24) is 4.98 Å². The summed E-state index contributed by atoms with van der Waals surface area (Å²) < 4.78 is 1.08. The van der Waals surface area contributed by atoms with Crippen LogP contribution in [0, 0.1) is 6.92 Å². The maximum Gasteiger partial charge on any atom is 0.126 e. The van der Waals surface area contributed by atoms with E-state index < -0.39 is 0 Å². The lowest BCUT2D eigenvalue weighted by atomic mass is 10.2. The second-order valence-corrected chi connectivity index (χ2v) is 5.88. The second-order valence-electron chi connectivity index (χ2n) is 3.88. The van der Waals surface area contributed by atoms with Gasteiger partial charge in [0.15, 0.2) is 0 Å². The van der Waals surface area contributed by atoms with Gasteiger partial charge in [-0.3, -0.25) is 0 Å². The average Bonchev–Trinajstić information content (AvgIpc) is 2.25. The number of halogens is 1. The van der Waals surface area contributed by atoms with Gasteiger partial charge in [0.2, 0.25) is 0 Å². The first kappa shape index (κ1) is 11.3. The zero-order chi connectivity index (χ0) is 10.7. The lowest BCUT2D eigenvalue weighted by Gasteiger charge is -2.23. The van der Waals surface area contributed by atoms with Gasteiger partial charge in [-0.1, -0.05) is 0 Å². The van der Waals surface area contributed by atoms with E-state index in [0.717, 1.165) is 10.3 Å². The van der Waals surface area contributed by atoms with Gasteiger partial charge >= 0.3 is 0 Å². The van der Waals surface area contributed by atoms with Crippen LogP contribution in [0.1, 0.15) is 18.4 Å². The Labute approximate surface area is 103 Å². The van der Waals surface area contributed by atoms with Crippen molar-refractivity contribution in [2.24, 2.45) is 0 Å². The molecule has 1 fully saturated rings. The summed E-state index contributed by atoms with van der Waals surface area (Å²) in [4.78, 5) is 4.37. The summed E-state index contributed by atoms with van der Waals surface area (Å²) in [5.74, 6) is 3.52. The Balaban J connectivity index is 2.00. The lowest BCUT2D eigenvalue weighted by molar-refractivity contribution is 0.682. The summed E-state index contributed by atoms with van der Waals surface area (Å²) in [6, 6.07) is 2.69. The molecule has 1 aliphatic heterocycles. The Morgan fingerprint density at radius 1 is 1.60 bits per heavy atom. The Hall–Kier alpha value is -0.220. The number of thioether (sulfide) groups is 1. The summed E-state index contributed by atoms with van der Waals surface area (Å²) in [6.07, 6.45) is 4.45. The van der Waals surface area contributed by atoms with Gasteiger partial charge in [-0.2, -0.15) is 11.8 Å². The first-order valence-corrected chi connectivity index (χ1v) is 7.17. The highest BCUT2D eigenvalue weighted by Crippen LogP contribution is 2.22. The molecule has 0 aliphatic carbocycles. The summed E-state index contributed by atoms with van der Waals surface area (Å²) >= 11 is 5.49. The van der Waals surface area contributed by atoms with Crippen LogP contribution in [-0.2, 0) is 0 Å². The van der Waals surface area contributed by atoms with Crippen LogP contribution in [0.15, 0.2) is 16.7 Å². The van der Waals surface area contributed by atoms with E-state index in [4.69, 9.17) is 0 Å². The molecule has 1 N–H and O–H groups in total. The van der Waals surface area contributed by atoms with Crippen LogP contribution < -0.4 is 5.32 Å². The highest BCUT2D eigenvalue weighted by atomic mass is 79.9. The fourth-order valence-corrected chi connectivity index (χ4v) is 2.97. The van der Waals surface area contributed by atoms with Gasteiger partial charge in [0, 0.05) is 22.5 Å². The van der Waals surface area contributed by atoms with Crippen LogP contribution >= 0.6 is 27.7 Å². The summed E-state index contributed by atoms with van der Waals surface area (Å²) in [7, 11) is 0. The smallest absolute Gasteiger partial charge is 0.126 e. The van der Waals surface area contributed by atoms with E-state index in [1.165, 1.54) is 29.9 Å². The molecule has 0 bridgehead atoms. The van der Waals surface area contributed by atoms with Crippen molar-refractivity contribution in [2.45, 2.75) is 25.8 Å². The van der Waals surface area contributed by atoms with Crippen LogP contribution in [0.3, 0.4) is 0 Å². The van der Waals surface area contributed by atoms with E-state index in [9.17, 15) is 0 Å². The third-order valence-electron chi connectivity index (χ3n) is 2.56. The van der Waals surface area contributed by atoms with Crippen LogP contribution in [0.2, 0.25) is 0 Å². The summed E-state index contributed by atoms with van der Waals surface area (Å²) in [5, 5.41) is 3.50. The molecular formula is C11H15BrN2S. The maximum absolute atomic E-state index is 4.37. The summed E-state index contributed by atoms with van der Waals surface area (Å²) in [5.41, 5.74) is 1.23. The number of rotatable bonds is 2. The topological polar surface area (TPSA) is 24.9 Å². The Morgan fingerprint density at radius 3 is 3.13 bits per heavy atom. The Morgan fingerprint density at radius 2 is 2.47 bits per heavy atom. The molecule has 0 spiro atoms. The van der Waals surface area contributed by atoms with E-state index in [1.807, 2.05) is 18.0 Å². The molecule has 0 aromatic carbocycles. The van der Waals surface area contributed by atoms with Crippen molar-refractivity contribution in [3.8, 4) is 0 Å². The van der Waals surface area contributed by atoms with Gasteiger partial charge < -0.3 is 5.32 Å². The van der Waals surface area contributed by atoms with Crippen molar-refractivity contribution in [1.29, 1.82) is 0 Å². The SMILES string of the molecule is Cc1cc(NC2CCCSC2)ncc1Br. The fourth-order valence-electron chi connectivity index (χ4n) is 1.68. The van der Waals surface area contributed by atoms with Gasteiger partial charge in [0.25, 0.3) is 0 Å². The van der Waals surface area contributed by atoms with Crippen LogP contribution in [0.5, 0.6) is 0 Å². The van der Waals surface area contributed by atoms with Gasteiger partial charge in [-0.05, 0) is 53.1 Å². The molecule has 0 radical (unpaired) electrons. The van der Waals surface area contributed by atoms with E-state index in [0.29, 0.717) is 6.04 Å². The van der Waals surface area contributed by atoms with E-state index >= 15 is 0 Å². The van der Waals surface area contributed by atoms with Crippen molar-refractivity contribution in [3.63, 3.8) is 0 Å². The summed E-state index contributed by atoms with van der Waals surface area (Å²) in [6.45, 7) is 2.09. The van der Waals surface area contributed by atoms with Crippen molar-refractivity contribution in [3.05, 3.63) is 22.3 Å². The zero-order valence-corrected chi connectivity index (χ0v) is 11.2. The minimum Gasteiger partial charge on any atom is -0.367 e. The molecule has 1 aromatic rings. The van der Waals surface area contributed by atoms with Gasteiger partial charge in [-0.25, -0.2) is 4.98 Å². The number of hydrogen-bond acceptors (Lipinski definition) is 3. The van der Waals surface area contributed by atoms with Crippen molar-refractivity contribution >= 4 is 33.5 Å². The number of aryl methyl sites for hydroxylation is 1. The number of anilines is 1. The Kier molecular flexibility index (Phi) is 3.92. The minimum absolute atomic E-state index is 0.594. The number of hydrogen-bond donors (Lipinski definition) is 1. The first-order chi connectivity index (χ1) is 7.25. The molecule has 2 rings (SSSR count). The number of aromatic nitrogens is 1. The van der Waals surface area contributed by atoms with Gasteiger partial charge in [0.05, 0.1) is 0 Å². The fraction of sp³-hybridized carbons (Fsp3) is 0.545. The van der Waals surface area contributed by atoms with Gasteiger partial charge in [0.1, 0.15) is 5.82 Å². The minimum atomic E-state index is 0.594. The molecule has 1 unspecified atom stereocenters. The quantitative estimate of drug-likeness (QED) is 0.901. The molecule has 2 heterocycles. The van der Waals surface area contributed by atoms with Crippen molar-refractivity contribution < 1.29 is 0 Å². The predicted molar refractivity (Wildman–Crippen MR) is 70.6 cm³/mol. The first-order valence-electron chi connectivity index (χ1n) is 5.22. The number of pyridine rings is 1. The third kappa shape index (κ3) is 3.11. The predicted octanol–water partition coefficient (Wildman–Crippen LogP) is 3.46. The van der Waals surface area contributed by atoms with Gasteiger partial charge in [-0.15, -0.1) is 0 Å². The molecule has 1 atom stereocenters. The van der Waals surface area contributed by atoms with Crippen LogP contribution in [-0.4, -0.2) is 22.5 Å². The van der Waals surface area contributed by atoms with E-state index in [1.54, 1.807) is 0 Å². The lowest BCUT2D eigenvalue weighted by Crippen LogP contribution is -2.26. The molecule has 15 heavy (non-hydrogen) atoms. The second kappa shape index (κ2) is 5.21. The largest absolute Gasteiger partial charge is 0.367 e. The molecule has 1 aliphatic rings. The molecule has 82 valence electrons. The molecule has 2 nitrogen and oxygen atoms in total. The average molecular weight is 287 g/mol. The molecule has 4 heteroatoms.